The molecule has 1 aromatic heterocycles. The van der Waals surface area contributed by atoms with Gasteiger partial charge in [-0.15, -0.1) is 11.3 Å². The number of fused-ring (bicyclic) bond motifs is 1. The van der Waals surface area contributed by atoms with Gasteiger partial charge in [-0.3, -0.25) is 4.90 Å². The van der Waals surface area contributed by atoms with Crippen molar-refractivity contribution in [3.63, 3.8) is 0 Å². The first-order valence-corrected chi connectivity index (χ1v) is 6.55. The van der Waals surface area contributed by atoms with Gasteiger partial charge < -0.3 is 9.84 Å². The van der Waals surface area contributed by atoms with Crippen LogP contribution >= 0.6 is 11.3 Å². The predicted octanol–water partition coefficient (Wildman–Crippen LogP) is 0.670. The second-order valence-electron chi connectivity index (χ2n) is 3.86. The number of β-amino-alcohol motifs (C(OH)–C–C–N with tert-alkyl or cyclic N) is 1. The van der Waals surface area contributed by atoms with Crippen LogP contribution < -0.4 is 0 Å². The summed E-state index contributed by atoms with van der Waals surface area (Å²) in [5.74, 6) is -0.333. The monoisotopic (exact) mass is 256 g/mol. The Bertz CT molecular complexity index is 405. The SMILES string of the molecule is CCOC(=O)c1nc2c(s1)CN(CCO)CC2. The van der Waals surface area contributed by atoms with Crippen molar-refractivity contribution in [2.45, 2.75) is 19.9 Å². The third kappa shape index (κ3) is 2.83. The van der Waals surface area contributed by atoms with Crippen molar-refractivity contribution in [3.8, 4) is 0 Å². The minimum atomic E-state index is -0.333. The Morgan fingerprint density at radius 2 is 2.47 bits per heavy atom. The largest absolute Gasteiger partial charge is 0.461 e. The molecule has 0 fully saturated rings. The molecule has 0 aromatic carbocycles. The minimum absolute atomic E-state index is 0.166. The molecule has 0 aliphatic carbocycles. The molecule has 0 bridgehead atoms. The molecule has 17 heavy (non-hydrogen) atoms. The number of hydrogen-bond acceptors (Lipinski definition) is 6. The lowest BCUT2D eigenvalue weighted by atomic mass is 10.2. The van der Waals surface area contributed by atoms with Gasteiger partial charge in [0.2, 0.25) is 5.01 Å². The Morgan fingerprint density at radius 1 is 1.65 bits per heavy atom. The van der Waals surface area contributed by atoms with E-state index in [-0.39, 0.29) is 12.6 Å². The van der Waals surface area contributed by atoms with Crippen molar-refractivity contribution in [1.82, 2.24) is 9.88 Å². The molecule has 0 atom stereocenters. The predicted molar refractivity (Wildman–Crippen MR) is 64.1 cm³/mol. The van der Waals surface area contributed by atoms with E-state index < -0.39 is 0 Å². The zero-order valence-electron chi connectivity index (χ0n) is 9.81. The third-order valence-corrected chi connectivity index (χ3v) is 3.74. The fraction of sp³-hybridized carbons (Fsp3) is 0.636. The van der Waals surface area contributed by atoms with Crippen LogP contribution in [-0.2, 0) is 17.7 Å². The zero-order valence-corrected chi connectivity index (χ0v) is 10.6. The average molecular weight is 256 g/mol. The summed E-state index contributed by atoms with van der Waals surface area (Å²) in [5.41, 5.74) is 1.01. The van der Waals surface area contributed by atoms with Gasteiger partial charge in [0.1, 0.15) is 0 Å². The van der Waals surface area contributed by atoms with E-state index in [9.17, 15) is 4.79 Å². The molecule has 1 aliphatic heterocycles. The number of thiazole rings is 1. The van der Waals surface area contributed by atoms with Gasteiger partial charge in [0.15, 0.2) is 0 Å². The second kappa shape index (κ2) is 5.57. The van der Waals surface area contributed by atoms with E-state index in [2.05, 4.69) is 9.88 Å². The molecule has 0 radical (unpaired) electrons. The normalized spacial score (nSPS) is 15.6. The molecule has 1 aliphatic rings. The van der Waals surface area contributed by atoms with Crippen molar-refractivity contribution >= 4 is 17.3 Å². The summed E-state index contributed by atoms with van der Waals surface area (Å²) in [6.45, 7) is 4.66. The lowest BCUT2D eigenvalue weighted by Gasteiger charge is -2.24. The summed E-state index contributed by atoms with van der Waals surface area (Å²) in [6.07, 6.45) is 0.839. The number of carbonyl (C=O) groups is 1. The van der Waals surface area contributed by atoms with Crippen molar-refractivity contribution in [2.24, 2.45) is 0 Å². The zero-order chi connectivity index (χ0) is 12.3. The molecule has 0 saturated carbocycles. The van der Waals surface area contributed by atoms with E-state index >= 15 is 0 Å². The molecule has 0 unspecified atom stereocenters. The third-order valence-electron chi connectivity index (χ3n) is 2.68. The van der Waals surface area contributed by atoms with Gasteiger partial charge in [-0.25, -0.2) is 9.78 Å². The van der Waals surface area contributed by atoms with Crippen LogP contribution in [0.3, 0.4) is 0 Å². The van der Waals surface area contributed by atoms with Crippen LogP contribution in [0.4, 0.5) is 0 Å². The lowest BCUT2D eigenvalue weighted by Crippen LogP contribution is -2.32. The summed E-state index contributed by atoms with van der Waals surface area (Å²) in [7, 11) is 0. The molecule has 0 amide bonds. The van der Waals surface area contributed by atoms with Crippen molar-refractivity contribution in [2.75, 3.05) is 26.3 Å². The maximum atomic E-state index is 11.5. The number of esters is 1. The van der Waals surface area contributed by atoms with Crippen LogP contribution in [0.5, 0.6) is 0 Å². The van der Waals surface area contributed by atoms with Crippen LogP contribution in [-0.4, -0.2) is 47.3 Å². The fourth-order valence-corrected chi connectivity index (χ4v) is 2.90. The van der Waals surface area contributed by atoms with Gasteiger partial charge in [0.05, 0.1) is 18.9 Å². The number of carbonyl (C=O) groups excluding carboxylic acids is 1. The molecule has 0 spiro atoms. The first-order valence-electron chi connectivity index (χ1n) is 5.73. The molecule has 2 heterocycles. The number of aliphatic hydroxyl groups excluding tert-OH is 1. The molecule has 6 heteroatoms. The second-order valence-corrected chi connectivity index (χ2v) is 4.94. The molecule has 5 nitrogen and oxygen atoms in total. The number of ether oxygens (including phenoxy) is 1. The van der Waals surface area contributed by atoms with Crippen LogP contribution in [0, 0.1) is 0 Å². The summed E-state index contributed by atoms with van der Waals surface area (Å²) in [6, 6.07) is 0. The Kier molecular flexibility index (Phi) is 4.09. The number of rotatable bonds is 4. The molecular formula is C11H16N2O3S. The van der Waals surface area contributed by atoms with Gasteiger partial charge >= 0.3 is 5.97 Å². The van der Waals surface area contributed by atoms with Crippen LogP contribution in [0.15, 0.2) is 0 Å². The molecule has 1 aromatic rings. The molecule has 1 N–H and O–H groups in total. The smallest absolute Gasteiger partial charge is 0.367 e. The average Bonchev–Trinajstić information content (AvgIpc) is 2.73. The van der Waals surface area contributed by atoms with Crippen LogP contribution in [0.25, 0.3) is 0 Å². The van der Waals surface area contributed by atoms with Crippen molar-refractivity contribution in [3.05, 3.63) is 15.6 Å². The fourth-order valence-electron chi connectivity index (χ4n) is 1.86. The highest BCUT2D eigenvalue weighted by molar-refractivity contribution is 7.13. The highest BCUT2D eigenvalue weighted by Gasteiger charge is 2.23. The number of nitrogens with zero attached hydrogens (tertiary/aromatic N) is 2. The number of hydrogen-bond donors (Lipinski definition) is 1. The highest BCUT2D eigenvalue weighted by atomic mass is 32.1. The number of aliphatic hydroxyl groups is 1. The van der Waals surface area contributed by atoms with Crippen molar-refractivity contribution in [1.29, 1.82) is 0 Å². The maximum Gasteiger partial charge on any atom is 0.367 e. The summed E-state index contributed by atoms with van der Waals surface area (Å²) < 4.78 is 4.94. The minimum Gasteiger partial charge on any atom is -0.461 e. The summed E-state index contributed by atoms with van der Waals surface area (Å²) in [5, 5.41) is 9.35. The lowest BCUT2D eigenvalue weighted by molar-refractivity contribution is 0.0525. The van der Waals surface area contributed by atoms with E-state index in [0.717, 1.165) is 30.1 Å². The topological polar surface area (TPSA) is 62.7 Å². The van der Waals surface area contributed by atoms with Crippen LogP contribution in [0.1, 0.15) is 27.3 Å². The Morgan fingerprint density at radius 3 is 3.18 bits per heavy atom. The first-order chi connectivity index (χ1) is 8.24. The highest BCUT2D eigenvalue weighted by Crippen LogP contribution is 2.25. The Hall–Kier alpha value is -0.980. The van der Waals surface area contributed by atoms with E-state index in [4.69, 9.17) is 9.84 Å². The Balaban J connectivity index is 2.09. The molecule has 0 saturated heterocycles. The maximum absolute atomic E-state index is 11.5. The first kappa shape index (κ1) is 12.5. The standard InChI is InChI=1S/C11H16N2O3S/c1-2-16-11(15)10-12-8-3-4-13(5-6-14)7-9(8)17-10/h14H,2-7H2,1H3. The van der Waals surface area contributed by atoms with Gasteiger partial charge in [-0.05, 0) is 6.92 Å². The Labute approximate surface area is 104 Å². The van der Waals surface area contributed by atoms with E-state index in [0.29, 0.717) is 18.2 Å². The van der Waals surface area contributed by atoms with Gasteiger partial charge in [0.25, 0.3) is 0 Å². The van der Waals surface area contributed by atoms with Crippen LogP contribution in [0.2, 0.25) is 0 Å². The summed E-state index contributed by atoms with van der Waals surface area (Å²) in [4.78, 5) is 19.1. The summed E-state index contributed by atoms with van der Waals surface area (Å²) >= 11 is 1.40. The molecule has 2 rings (SSSR count). The van der Waals surface area contributed by atoms with Crippen molar-refractivity contribution < 1.29 is 14.6 Å². The number of aromatic nitrogens is 1. The molecule has 94 valence electrons. The van der Waals surface area contributed by atoms with Gasteiger partial charge in [0, 0.05) is 30.9 Å². The van der Waals surface area contributed by atoms with E-state index in [1.54, 1.807) is 6.92 Å². The van der Waals surface area contributed by atoms with E-state index in [1.165, 1.54) is 11.3 Å². The molecular weight excluding hydrogens is 240 g/mol. The van der Waals surface area contributed by atoms with E-state index in [1.807, 2.05) is 0 Å². The van der Waals surface area contributed by atoms with Gasteiger partial charge in [-0.1, -0.05) is 0 Å². The quantitative estimate of drug-likeness (QED) is 0.802. The van der Waals surface area contributed by atoms with Gasteiger partial charge in [-0.2, -0.15) is 0 Å².